The first-order chi connectivity index (χ1) is 21.1. The van der Waals surface area contributed by atoms with Gasteiger partial charge in [0.2, 0.25) is 0 Å². The van der Waals surface area contributed by atoms with Gasteiger partial charge in [-0.15, -0.1) is 0 Å². The Labute approximate surface area is 247 Å². The van der Waals surface area contributed by atoms with Crippen LogP contribution >= 0.6 is 0 Å². The number of benzene rings is 4. The first-order valence-electron chi connectivity index (χ1n) is 13.8. The molecule has 218 valence electrons. The fraction of sp³-hybridized carbons (Fsp3) is 0.206. The van der Waals surface area contributed by atoms with Gasteiger partial charge in [0, 0.05) is 5.56 Å². The van der Waals surface area contributed by atoms with E-state index in [0.717, 1.165) is 5.56 Å². The molecule has 0 aliphatic carbocycles. The van der Waals surface area contributed by atoms with Crippen LogP contribution in [0.5, 0.6) is 0 Å². The molecule has 0 N–H and O–H groups in total. The zero-order valence-electron chi connectivity index (χ0n) is 22.9. The predicted molar refractivity (Wildman–Crippen MR) is 152 cm³/mol. The van der Waals surface area contributed by atoms with Crippen molar-refractivity contribution in [3.8, 4) is 0 Å². The van der Waals surface area contributed by atoms with Gasteiger partial charge in [-0.2, -0.15) is 0 Å². The molecule has 2 fully saturated rings. The maximum Gasteiger partial charge on any atom is 0.338 e. The summed E-state index contributed by atoms with van der Waals surface area (Å²) >= 11 is 0. The highest BCUT2D eigenvalue weighted by Crippen LogP contribution is 2.40. The number of carbonyl (C=O) groups is 3. The highest BCUT2D eigenvalue weighted by atomic mass is 16.8. The minimum atomic E-state index is -1.22. The SMILES string of the molecule is O=C(OC[C@H]1O[C@H]2O[C@@H](c3ccccc3)O[C@H]2[C@@H](OC(=O)c2ccccc2)[C@@H]1OC(=O)c1ccccc1)c1ccccc1. The van der Waals surface area contributed by atoms with Crippen LogP contribution in [-0.2, 0) is 28.4 Å². The molecule has 9 nitrogen and oxygen atoms in total. The summed E-state index contributed by atoms with van der Waals surface area (Å²) in [7, 11) is 0. The maximum atomic E-state index is 13.3. The summed E-state index contributed by atoms with van der Waals surface area (Å²) in [5, 5.41) is 0. The molecular weight excluding hydrogens is 552 g/mol. The molecule has 43 heavy (non-hydrogen) atoms. The van der Waals surface area contributed by atoms with E-state index in [1.54, 1.807) is 91.0 Å². The lowest BCUT2D eigenvalue weighted by molar-refractivity contribution is -0.252. The first-order valence-corrected chi connectivity index (χ1v) is 13.8. The summed E-state index contributed by atoms with van der Waals surface area (Å²) in [6, 6.07) is 34.5. The van der Waals surface area contributed by atoms with Crippen LogP contribution in [0.25, 0.3) is 0 Å². The van der Waals surface area contributed by atoms with Gasteiger partial charge in [-0.25, -0.2) is 14.4 Å². The number of esters is 3. The molecule has 6 rings (SSSR count). The van der Waals surface area contributed by atoms with Gasteiger partial charge in [0.25, 0.3) is 0 Å². The Balaban J connectivity index is 1.32. The van der Waals surface area contributed by atoms with E-state index in [-0.39, 0.29) is 12.2 Å². The average molecular weight is 581 g/mol. The maximum absolute atomic E-state index is 13.3. The van der Waals surface area contributed by atoms with Crippen molar-refractivity contribution in [1.82, 2.24) is 0 Å². The van der Waals surface area contributed by atoms with Gasteiger partial charge >= 0.3 is 17.9 Å². The molecule has 0 unspecified atom stereocenters. The second-order valence-electron chi connectivity index (χ2n) is 9.96. The molecule has 0 aromatic heterocycles. The van der Waals surface area contributed by atoms with Gasteiger partial charge < -0.3 is 28.4 Å². The number of hydrogen-bond acceptors (Lipinski definition) is 9. The number of ether oxygens (including phenoxy) is 6. The Morgan fingerprint density at radius 1 is 0.535 bits per heavy atom. The van der Waals surface area contributed by atoms with E-state index in [0.29, 0.717) is 11.1 Å². The molecule has 0 bridgehead atoms. The largest absolute Gasteiger partial charge is 0.459 e. The molecule has 0 radical (unpaired) electrons. The van der Waals surface area contributed by atoms with E-state index in [9.17, 15) is 14.4 Å². The molecule has 6 atom stereocenters. The standard InChI is InChI=1S/C34H28O9/c35-30(22-13-5-1-6-14-22)38-21-26-27(40-31(36)23-15-7-2-8-16-23)28(41-32(37)24-17-9-3-10-18-24)29-34(39-26)43-33(42-29)25-19-11-4-12-20-25/h1-20,26-29,33-34H,21H2/t26-,27-,28+,29+,33+,34+/m1/s1. The van der Waals surface area contributed by atoms with Crippen LogP contribution in [0.2, 0.25) is 0 Å². The van der Waals surface area contributed by atoms with Crippen LogP contribution in [0.3, 0.4) is 0 Å². The van der Waals surface area contributed by atoms with Gasteiger partial charge in [-0.05, 0) is 36.4 Å². The van der Waals surface area contributed by atoms with Crippen molar-refractivity contribution in [2.75, 3.05) is 6.61 Å². The molecule has 2 heterocycles. The molecule has 2 aliphatic heterocycles. The Bertz CT molecular complexity index is 1530. The smallest absolute Gasteiger partial charge is 0.338 e. The van der Waals surface area contributed by atoms with Crippen LogP contribution in [0, 0.1) is 0 Å². The Morgan fingerprint density at radius 3 is 1.53 bits per heavy atom. The zero-order chi connectivity index (χ0) is 29.6. The van der Waals surface area contributed by atoms with Crippen molar-refractivity contribution < 1.29 is 42.8 Å². The lowest BCUT2D eigenvalue weighted by Crippen LogP contribution is -2.60. The first kappa shape index (κ1) is 28.3. The van der Waals surface area contributed by atoms with E-state index < -0.39 is 54.9 Å². The highest BCUT2D eigenvalue weighted by Gasteiger charge is 2.56. The van der Waals surface area contributed by atoms with E-state index in [2.05, 4.69) is 0 Å². The quantitative estimate of drug-likeness (QED) is 0.207. The van der Waals surface area contributed by atoms with Gasteiger partial charge in [0.05, 0.1) is 16.7 Å². The fourth-order valence-electron chi connectivity index (χ4n) is 4.95. The average Bonchev–Trinajstić information content (AvgIpc) is 3.50. The molecule has 2 saturated heterocycles. The third-order valence-corrected chi connectivity index (χ3v) is 7.09. The van der Waals surface area contributed by atoms with Gasteiger partial charge in [-0.3, -0.25) is 0 Å². The summed E-state index contributed by atoms with van der Waals surface area (Å²) in [6.07, 6.45) is -6.28. The van der Waals surface area contributed by atoms with Crippen molar-refractivity contribution in [2.24, 2.45) is 0 Å². The number of carbonyl (C=O) groups excluding carboxylic acids is 3. The number of fused-ring (bicyclic) bond motifs is 1. The second-order valence-corrected chi connectivity index (χ2v) is 9.96. The van der Waals surface area contributed by atoms with E-state index >= 15 is 0 Å². The Morgan fingerprint density at radius 2 is 1.00 bits per heavy atom. The van der Waals surface area contributed by atoms with Crippen molar-refractivity contribution in [2.45, 2.75) is 37.0 Å². The zero-order valence-corrected chi connectivity index (χ0v) is 22.9. The summed E-state index contributed by atoms with van der Waals surface area (Å²) in [6.45, 7) is -0.317. The molecule has 4 aromatic rings. The minimum absolute atomic E-state index is 0.281. The third kappa shape index (κ3) is 6.49. The lowest BCUT2D eigenvalue weighted by Gasteiger charge is -2.41. The van der Waals surface area contributed by atoms with Crippen LogP contribution in [0.1, 0.15) is 42.9 Å². The third-order valence-electron chi connectivity index (χ3n) is 7.09. The van der Waals surface area contributed by atoms with Gasteiger partial charge in [-0.1, -0.05) is 84.9 Å². The molecular formula is C34H28O9. The predicted octanol–water partition coefficient (Wildman–Crippen LogP) is 5.13. The fourth-order valence-corrected chi connectivity index (χ4v) is 4.95. The number of hydrogen-bond donors (Lipinski definition) is 0. The normalized spacial score (nSPS) is 24.4. The lowest BCUT2D eigenvalue weighted by atomic mass is 9.98. The molecule has 0 spiro atoms. The van der Waals surface area contributed by atoms with Crippen LogP contribution in [-0.4, -0.2) is 55.2 Å². The second kappa shape index (κ2) is 13.0. The summed E-state index contributed by atoms with van der Waals surface area (Å²) < 4.78 is 36.1. The van der Waals surface area contributed by atoms with Crippen molar-refractivity contribution >= 4 is 17.9 Å². The van der Waals surface area contributed by atoms with E-state index in [4.69, 9.17) is 28.4 Å². The highest BCUT2D eigenvalue weighted by molar-refractivity contribution is 5.91. The summed E-state index contributed by atoms with van der Waals surface area (Å²) in [5.74, 6) is -1.92. The molecule has 0 amide bonds. The Kier molecular flexibility index (Phi) is 8.55. The van der Waals surface area contributed by atoms with Crippen molar-refractivity contribution in [1.29, 1.82) is 0 Å². The molecule has 9 heteroatoms. The molecule has 2 aliphatic rings. The van der Waals surface area contributed by atoms with Crippen LogP contribution in [0.4, 0.5) is 0 Å². The van der Waals surface area contributed by atoms with Gasteiger partial charge in [0.15, 0.2) is 30.9 Å². The van der Waals surface area contributed by atoms with Crippen molar-refractivity contribution in [3.05, 3.63) is 144 Å². The molecule has 0 saturated carbocycles. The molecule has 4 aromatic carbocycles. The number of rotatable bonds is 8. The van der Waals surface area contributed by atoms with Crippen LogP contribution < -0.4 is 0 Å². The van der Waals surface area contributed by atoms with Gasteiger partial charge in [0.1, 0.15) is 12.7 Å². The monoisotopic (exact) mass is 580 g/mol. The van der Waals surface area contributed by atoms with Crippen LogP contribution in [0.15, 0.2) is 121 Å². The topological polar surface area (TPSA) is 107 Å². The van der Waals surface area contributed by atoms with E-state index in [1.807, 2.05) is 30.3 Å². The Hall–Kier alpha value is -4.83. The van der Waals surface area contributed by atoms with E-state index in [1.165, 1.54) is 0 Å². The minimum Gasteiger partial charge on any atom is -0.459 e. The van der Waals surface area contributed by atoms with Crippen molar-refractivity contribution in [3.63, 3.8) is 0 Å². The summed E-state index contributed by atoms with van der Waals surface area (Å²) in [5.41, 5.74) is 1.64. The summed E-state index contributed by atoms with van der Waals surface area (Å²) in [4.78, 5) is 39.4.